The molecule has 0 fully saturated rings. The van der Waals surface area contributed by atoms with Crippen LogP contribution in [0.3, 0.4) is 0 Å². The van der Waals surface area contributed by atoms with Crippen LogP contribution in [0.25, 0.3) is 5.57 Å². The van der Waals surface area contributed by atoms with Gasteiger partial charge in [-0.2, -0.15) is 0 Å². The molecule has 0 aliphatic heterocycles. The Bertz CT molecular complexity index is 391. The fourth-order valence-electron chi connectivity index (χ4n) is 1.63. The van der Waals surface area contributed by atoms with Crippen molar-refractivity contribution < 1.29 is 0 Å². The first-order valence-corrected chi connectivity index (χ1v) is 4.42. The van der Waals surface area contributed by atoms with Crippen molar-refractivity contribution in [2.75, 3.05) is 0 Å². The van der Waals surface area contributed by atoms with Gasteiger partial charge in [0.15, 0.2) is 0 Å². The summed E-state index contributed by atoms with van der Waals surface area (Å²) in [6.07, 6.45) is 4.24. The third-order valence-corrected chi connectivity index (χ3v) is 2.24. The van der Waals surface area contributed by atoms with Crippen LogP contribution < -0.4 is 0 Å². The average Bonchev–Trinajstić information content (AvgIpc) is 2.47. The molecule has 0 heteroatoms. The molecule has 2 rings (SSSR count). The molecule has 64 valence electrons. The van der Waals surface area contributed by atoms with E-state index in [0.717, 1.165) is 5.57 Å². The Kier molecular flexibility index (Phi) is 1.90. The topological polar surface area (TPSA) is 0 Å². The maximum absolute atomic E-state index is 3.93. The van der Waals surface area contributed by atoms with Gasteiger partial charge in [-0.1, -0.05) is 43.0 Å². The van der Waals surface area contributed by atoms with Crippen LogP contribution in [0.4, 0.5) is 0 Å². The zero-order chi connectivity index (χ0) is 9.26. The molecule has 0 aromatic heterocycles. The van der Waals surface area contributed by atoms with Gasteiger partial charge < -0.3 is 0 Å². The third-order valence-electron chi connectivity index (χ3n) is 2.24. The first-order chi connectivity index (χ1) is 6.27. The van der Waals surface area contributed by atoms with Crippen molar-refractivity contribution in [3.63, 3.8) is 0 Å². The van der Waals surface area contributed by atoms with E-state index < -0.39 is 0 Å². The van der Waals surface area contributed by atoms with Crippen molar-refractivity contribution in [1.82, 2.24) is 0 Å². The SMILES string of the molecule is C=C1C=C(C)C(c2ccccc2)=C1. The van der Waals surface area contributed by atoms with Gasteiger partial charge in [0.25, 0.3) is 0 Å². The number of benzene rings is 1. The molecule has 0 bridgehead atoms. The fourth-order valence-corrected chi connectivity index (χ4v) is 1.63. The first-order valence-electron chi connectivity index (χ1n) is 4.42. The van der Waals surface area contributed by atoms with Gasteiger partial charge in [0, 0.05) is 0 Å². The van der Waals surface area contributed by atoms with Crippen LogP contribution in [0.15, 0.2) is 60.2 Å². The zero-order valence-electron chi connectivity index (χ0n) is 7.75. The molecule has 1 aromatic rings. The third kappa shape index (κ3) is 1.48. The lowest BCUT2D eigenvalue weighted by Gasteiger charge is -2.02. The van der Waals surface area contributed by atoms with E-state index in [4.69, 9.17) is 0 Å². The second-order valence-electron chi connectivity index (χ2n) is 3.33. The normalized spacial score (nSPS) is 15.6. The van der Waals surface area contributed by atoms with Gasteiger partial charge in [-0.25, -0.2) is 0 Å². The van der Waals surface area contributed by atoms with Crippen molar-refractivity contribution >= 4 is 5.57 Å². The van der Waals surface area contributed by atoms with E-state index in [2.05, 4.69) is 49.9 Å². The van der Waals surface area contributed by atoms with Gasteiger partial charge in [-0.15, -0.1) is 0 Å². The van der Waals surface area contributed by atoms with Crippen LogP contribution in [0.2, 0.25) is 0 Å². The molecular formula is C13H12. The molecule has 0 heterocycles. The van der Waals surface area contributed by atoms with E-state index in [0.29, 0.717) is 0 Å². The van der Waals surface area contributed by atoms with Crippen molar-refractivity contribution in [3.05, 3.63) is 65.8 Å². The highest BCUT2D eigenvalue weighted by atomic mass is 14.1. The monoisotopic (exact) mass is 168 g/mol. The van der Waals surface area contributed by atoms with Gasteiger partial charge in [0.2, 0.25) is 0 Å². The largest absolute Gasteiger partial charge is 0.0917 e. The number of allylic oxidation sites excluding steroid dienone is 5. The summed E-state index contributed by atoms with van der Waals surface area (Å²) < 4.78 is 0. The van der Waals surface area contributed by atoms with Crippen molar-refractivity contribution in [1.29, 1.82) is 0 Å². The lowest BCUT2D eigenvalue weighted by Crippen LogP contribution is -1.81. The van der Waals surface area contributed by atoms with Gasteiger partial charge in [-0.3, -0.25) is 0 Å². The standard InChI is InChI=1S/C13H12/c1-10-8-11(2)13(9-10)12-6-4-3-5-7-12/h3-9H,1H2,2H3. The lowest BCUT2D eigenvalue weighted by molar-refractivity contribution is 1.52. The molecule has 0 nitrogen and oxygen atoms in total. The van der Waals surface area contributed by atoms with E-state index in [9.17, 15) is 0 Å². The Morgan fingerprint density at radius 3 is 2.23 bits per heavy atom. The molecule has 1 aliphatic rings. The van der Waals surface area contributed by atoms with E-state index in [-0.39, 0.29) is 0 Å². The molecule has 0 amide bonds. The fraction of sp³-hybridized carbons (Fsp3) is 0.0769. The van der Waals surface area contributed by atoms with Crippen LogP contribution in [-0.2, 0) is 0 Å². The van der Waals surface area contributed by atoms with Crippen LogP contribution in [-0.4, -0.2) is 0 Å². The van der Waals surface area contributed by atoms with Crippen molar-refractivity contribution in [3.8, 4) is 0 Å². The second-order valence-corrected chi connectivity index (χ2v) is 3.33. The Balaban J connectivity index is 2.45. The molecule has 0 N–H and O–H groups in total. The van der Waals surface area contributed by atoms with Crippen LogP contribution in [0.1, 0.15) is 12.5 Å². The molecule has 0 saturated heterocycles. The van der Waals surface area contributed by atoms with E-state index in [1.54, 1.807) is 0 Å². The molecule has 0 atom stereocenters. The molecule has 1 aliphatic carbocycles. The molecule has 0 spiro atoms. The molecule has 13 heavy (non-hydrogen) atoms. The Morgan fingerprint density at radius 2 is 1.69 bits per heavy atom. The summed E-state index contributed by atoms with van der Waals surface area (Å²) in [5, 5.41) is 0. The summed E-state index contributed by atoms with van der Waals surface area (Å²) in [4.78, 5) is 0. The number of hydrogen-bond donors (Lipinski definition) is 0. The molecule has 1 aromatic carbocycles. The maximum atomic E-state index is 3.93. The first kappa shape index (κ1) is 8.06. The summed E-state index contributed by atoms with van der Waals surface area (Å²) in [6.45, 7) is 6.05. The summed E-state index contributed by atoms with van der Waals surface area (Å²) in [6, 6.07) is 10.4. The zero-order valence-corrected chi connectivity index (χ0v) is 7.75. The minimum absolute atomic E-state index is 1.09. The average molecular weight is 168 g/mol. The van der Waals surface area contributed by atoms with Crippen molar-refractivity contribution in [2.45, 2.75) is 6.92 Å². The Labute approximate surface area is 78.9 Å². The molecule has 0 saturated carbocycles. The highest BCUT2D eigenvalue weighted by Crippen LogP contribution is 2.30. The summed E-state index contributed by atoms with van der Waals surface area (Å²) in [5.41, 5.74) is 4.97. The minimum Gasteiger partial charge on any atom is -0.0917 e. The van der Waals surface area contributed by atoms with Gasteiger partial charge in [-0.05, 0) is 35.3 Å². The quantitative estimate of drug-likeness (QED) is 0.601. The maximum Gasteiger partial charge on any atom is -0.0149 e. The van der Waals surface area contributed by atoms with E-state index >= 15 is 0 Å². The van der Waals surface area contributed by atoms with Crippen molar-refractivity contribution in [2.24, 2.45) is 0 Å². The highest BCUT2D eigenvalue weighted by Gasteiger charge is 2.08. The molecule has 0 unspecified atom stereocenters. The highest BCUT2D eigenvalue weighted by molar-refractivity contribution is 5.85. The smallest absolute Gasteiger partial charge is 0.0149 e. The predicted molar refractivity (Wildman–Crippen MR) is 57.3 cm³/mol. The Morgan fingerprint density at radius 1 is 1.00 bits per heavy atom. The molecule has 0 radical (unpaired) electrons. The van der Waals surface area contributed by atoms with Gasteiger partial charge >= 0.3 is 0 Å². The lowest BCUT2D eigenvalue weighted by atomic mass is 10.0. The number of rotatable bonds is 1. The summed E-state index contributed by atoms with van der Waals surface area (Å²) in [5.74, 6) is 0. The number of hydrogen-bond acceptors (Lipinski definition) is 0. The predicted octanol–water partition coefficient (Wildman–Crippen LogP) is 3.59. The molecular weight excluding hydrogens is 156 g/mol. The van der Waals surface area contributed by atoms with Gasteiger partial charge in [0.05, 0.1) is 0 Å². The van der Waals surface area contributed by atoms with Crippen LogP contribution in [0, 0.1) is 0 Å². The summed E-state index contributed by atoms with van der Waals surface area (Å²) >= 11 is 0. The van der Waals surface area contributed by atoms with E-state index in [1.165, 1.54) is 16.7 Å². The van der Waals surface area contributed by atoms with E-state index in [1.807, 2.05) is 6.07 Å². The van der Waals surface area contributed by atoms with Crippen LogP contribution >= 0.6 is 0 Å². The second kappa shape index (κ2) is 3.06. The Hall–Kier alpha value is -1.56. The van der Waals surface area contributed by atoms with Gasteiger partial charge in [0.1, 0.15) is 0 Å². The minimum atomic E-state index is 1.09. The summed E-state index contributed by atoms with van der Waals surface area (Å²) in [7, 11) is 0. The van der Waals surface area contributed by atoms with Crippen LogP contribution in [0.5, 0.6) is 0 Å².